The number of rotatable bonds is 13. The third kappa shape index (κ3) is 4.93. The number of fused-ring (bicyclic) bond motifs is 4. The molecular weight excluding hydrogens is 604 g/mol. The Hall–Kier alpha value is -2.49. The number of esters is 1. The molecule has 0 aromatic carbocycles. The van der Waals surface area contributed by atoms with Crippen molar-refractivity contribution in [2.24, 2.45) is 11.3 Å². The summed E-state index contributed by atoms with van der Waals surface area (Å²) in [4.78, 5) is 36.0. The highest BCUT2D eigenvalue weighted by atomic mass is 16.7. The Bertz CT molecular complexity index is 1300. The second-order valence-corrected chi connectivity index (χ2v) is 14.7. The summed E-state index contributed by atoms with van der Waals surface area (Å²) in [6.07, 6.45) is 0.776. The summed E-state index contributed by atoms with van der Waals surface area (Å²) in [5.41, 5.74) is -1.13. The van der Waals surface area contributed by atoms with Crippen LogP contribution in [-0.4, -0.2) is 123 Å². The van der Waals surface area contributed by atoms with Crippen molar-refractivity contribution in [1.29, 1.82) is 0 Å². The molecular formula is C32H46N2O12. The minimum absolute atomic E-state index is 0.122. The van der Waals surface area contributed by atoms with Gasteiger partial charge in [0.25, 0.3) is 0 Å². The third-order valence-corrected chi connectivity index (χ3v) is 11.0. The molecule has 256 valence electrons. The van der Waals surface area contributed by atoms with Gasteiger partial charge in [-0.2, -0.15) is 0 Å². The van der Waals surface area contributed by atoms with E-state index in [9.17, 15) is 19.5 Å². The molecule has 2 saturated carbocycles. The van der Waals surface area contributed by atoms with Gasteiger partial charge >= 0.3 is 18.2 Å². The Morgan fingerprint density at radius 3 is 2.41 bits per heavy atom. The van der Waals surface area contributed by atoms with Crippen LogP contribution in [0.2, 0.25) is 0 Å². The van der Waals surface area contributed by atoms with E-state index in [4.69, 9.17) is 37.9 Å². The van der Waals surface area contributed by atoms with Crippen LogP contribution in [0.4, 0.5) is 9.59 Å². The molecule has 3 N–H and O–H groups in total. The van der Waals surface area contributed by atoms with Crippen molar-refractivity contribution in [2.75, 3.05) is 52.7 Å². The van der Waals surface area contributed by atoms with Crippen molar-refractivity contribution < 1.29 is 57.4 Å². The van der Waals surface area contributed by atoms with E-state index in [-0.39, 0.29) is 48.8 Å². The van der Waals surface area contributed by atoms with Crippen LogP contribution < -0.4 is 10.6 Å². The molecule has 14 heteroatoms. The lowest BCUT2D eigenvalue weighted by molar-refractivity contribution is -0.136. The highest BCUT2D eigenvalue weighted by molar-refractivity contribution is 5.92. The van der Waals surface area contributed by atoms with Crippen LogP contribution in [0.15, 0.2) is 11.1 Å². The zero-order chi connectivity index (χ0) is 32.5. The molecule has 5 fully saturated rings. The maximum Gasteiger partial charge on any atom is 0.407 e. The molecule has 2 amide bonds. The highest BCUT2D eigenvalue weighted by Gasteiger charge is 3.00. The van der Waals surface area contributed by atoms with E-state index >= 15 is 0 Å². The van der Waals surface area contributed by atoms with Crippen molar-refractivity contribution >= 4 is 18.2 Å². The molecule has 2 spiro atoms. The number of ether oxygens (including phenoxy) is 8. The lowest BCUT2D eigenvalue weighted by Crippen LogP contribution is -2.68. The summed E-state index contributed by atoms with van der Waals surface area (Å²) in [5.74, 6) is -0.0733. The van der Waals surface area contributed by atoms with Crippen LogP contribution in [0, 0.1) is 11.3 Å². The van der Waals surface area contributed by atoms with E-state index in [0.717, 1.165) is 24.0 Å². The number of hydrogen-bond donors (Lipinski definition) is 3. The molecule has 0 bridgehead atoms. The van der Waals surface area contributed by atoms with Gasteiger partial charge in [-0.15, -0.1) is 0 Å². The minimum atomic E-state index is -0.848. The van der Waals surface area contributed by atoms with Crippen LogP contribution in [0.25, 0.3) is 0 Å². The van der Waals surface area contributed by atoms with Crippen molar-refractivity contribution in [3.8, 4) is 0 Å². The number of epoxide rings is 3. The molecule has 4 aliphatic heterocycles. The van der Waals surface area contributed by atoms with Crippen LogP contribution in [0.5, 0.6) is 0 Å². The number of aliphatic hydroxyl groups is 1. The van der Waals surface area contributed by atoms with Gasteiger partial charge in [0, 0.05) is 24.1 Å². The van der Waals surface area contributed by atoms with Crippen LogP contribution in [0.1, 0.15) is 59.8 Å². The maximum absolute atomic E-state index is 12.3. The number of cyclic esters (lactones) is 1. The van der Waals surface area contributed by atoms with Gasteiger partial charge < -0.3 is 53.6 Å². The average Bonchev–Trinajstić information content (AvgIpc) is 3.91. The van der Waals surface area contributed by atoms with Crippen molar-refractivity contribution in [2.45, 2.75) is 107 Å². The molecule has 46 heavy (non-hydrogen) atoms. The van der Waals surface area contributed by atoms with E-state index in [1.807, 2.05) is 0 Å². The van der Waals surface area contributed by atoms with Gasteiger partial charge in [0.1, 0.15) is 41.7 Å². The maximum atomic E-state index is 12.3. The van der Waals surface area contributed by atoms with Crippen LogP contribution in [0.3, 0.4) is 0 Å². The predicted molar refractivity (Wildman–Crippen MR) is 157 cm³/mol. The number of carbonyl (C=O) groups excluding carboxylic acids is 3. The molecule has 3 saturated heterocycles. The molecule has 7 rings (SSSR count). The van der Waals surface area contributed by atoms with Crippen molar-refractivity contribution in [1.82, 2.24) is 10.6 Å². The zero-order valence-electron chi connectivity index (χ0n) is 27.0. The molecule has 7 aliphatic rings. The first-order valence-corrected chi connectivity index (χ1v) is 16.5. The zero-order valence-corrected chi connectivity index (χ0v) is 27.0. The molecule has 3 aliphatic carbocycles. The van der Waals surface area contributed by atoms with Gasteiger partial charge in [-0.05, 0) is 64.4 Å². The lowest BCUT2D eigenvalue weighted by Gasteiger charge is -2.53. The topological polar surface area (TPSA) is 179 Å². The Morgan fingerprint density at radius 2 is 1.70 bits per heavy atom. The van der Waals surface area contributed by atoms with Gasteiger partial charge in [0.05, 0.1) is 39.1 Å². The van der Waals surface area contributed by atoms with E-state index in [2.05, 4.69) is 17.6 Å². The number of hydrogen-bond acceptors (Lipinski definition) is 12. The minimum Gasteiger partial charge on any atom is -0.458 e. The number of carbonyl (C=O) groups is 3. The van der Waals surface area contributed by atoms with Gasteiger partial charge in [0.2, 0.25) is 0 Å². The fraction of sp³-hybridized carbons (Fsp3) is 0.844. The smallest absolute Gasteiger partial charge is 0.407 e. The molecule has 0 aromatic rings. The molecule has 0 aromatic heterocycles. The SMILES string of the molecule is CC(C)(C)OC(=O)NCCOCCOCCNC(=O)OCCC[C@]12O[C@H]1[C@@H]1O[C@]13[C@]1(O[C@H]1C[C@H]1C4=C(CC[C@@]13C)C(=O)OC4)[C@@H]2O. The molecule has 0 radical (unpaired) electrons. The molecule has 4 heterocycles. The quantitative estimate of drug-likeness (QED) is 0.113. The second-order valence-electron chi connectivity index (χ2n) is 14.7. The highest BCUT2D eigenvalue weighted by Crippen LogP contribution is 2.82. The van der Waals surface area contributed by atoms with E-state index in [0.29, 0.717) is 58.8 Å². The van der Waals surface area contributed by atoms with E-state index in [1.165, 1.54) is 0 Å². The summed E-state index contributed by atoms with van der Waals surface area (Å²) in [5, 5.41) is 17.1. The first kappa shape index (κ1) is 32.1. The van der Waals surface area contributed by atoms with Gasteiger partial charge in [-0.1, -0.05) is 6.92 Å². The standard InChI is InChI=1S/C32H46N2O12/c1-28(2,3)46-27(38)34-10-13-40-15-14-39-12-9-33-26(37)41-11-5-7-30-22(44-30)23-32(45-23)29(4)8-6-18-19(17-42-24(18)35)20(29)16-21-31(32,43-21)25(30)36/h20-23,25,36H,5-17H2,1-4H3,(H,33,37)(H,34,38)/t20-,21-,22-,23-,25+,29-,30-,31+,32+/m0/s1. The monoisotopic (exact) mass is 650 g/mol. The number of aliphatic hydroxyl groups excluding tert-OH is 1. The largest absolute Gasteiger partial charge is 0.458 e. The molecule has 9 atom stereocenters. The molecule has 0 unspecified atom stereocenters. The summed E-state index contributed by atoms with van der Waals surface area (Å²) in [6.45, 7) is 10.1. The van der Waals surface area contributed by atoms with Gasteiger partial charge in [-0.25, -0.2) is 14.4 Å². The van der Waals surface area contributed by atoms with Crippen molar-refractivity contribution in [3.05, 3.63) is 11.1 Å². The molecule has 14 nitrogen and oxygen atoms in total. The number of amides is 2. The summed E-state index contributed by atoms with van der Waals surface area (Å²) >= 11 is 0. The first-order valence-electron chi connectivity index (χ1n) is 16.5. The normalized spacial score (nSPS) is 40.6. The van der Waals surface area contributed by atoms with Crippen LogP contribution >= 0.6 is 0 Å². The summed E-state index contributed by atoms with van der Waals surface area (Å²) < 4.78 is 46.0. The van der Waals surface area contributed by atoms with E-state index < -0.39 is 40.7 Å². The fourth-order valence-corrected chi connectivity index (χ4v) is 8.98. The van der Waals surface area contributed by atoms with Crippen molar-refractivity contribution in [3.63, 3.8) is 0 Å². The predicted octanol–water partition coefficient (Wildman–Crippen LogP) is 1.51. The number of alkyl carbamates (subject to hydrolysis) is 2. The Balaban J connectivity index is 0.790. The Kier molecular flexibility index (Phi) is 7.88. The second kappa shape index (κ2) is 11.3. The Labute approximate surface area is 268 Å². The van der Waals surface area contributed by atoms with Gasteiger partial charge in [0.15, 0.2) is 5.60 Å². The summed E-state index contributed by atoms with van der Waals surface area (Å²) in [7, 11) is 0. The fourth-order valence-electron chi connectivity index (χ4n) is 8.98. The average molecular weight is 651 g/mol. The number of nitrogens with one attached hydrogen (secondary N) is 2. The summed E-state index contributed by atoms with van der Waals surface area (Å²) in [6, 6.07) is 0. The first-order chi connectivity index (χ1) is 21.9. The lowest BCUT2D eigenvalue weighted by atomic mass is 9.47. The van der Waals surface area contributed by atoms with Gasteiger partial charge in [-0.3, -0.25) is 0 Å². The van der Waals surface area contributed by atoms with E-state index in [1.54, 1.807) is 20.8 Å². The van der Waals surface area contributed by atoms with Crippen LogP contribution in [-0.2, 0) is 42.7 Å². The third-order valence-electron chi connectivity index (χ3n) is 11.0. The Morgan fingerprint density at radius 1 is 0.978 bits per heavy atom.